The molecule has 0 radical (unpaired) electrons. The van der Waals surface area contributed by atoms with E-state index in [4.69, 9.17) is 4.74 Å². The van der Waals surface area contributed by atoms with Crippen molar-refractivity contribution in [3.63, 3.8) is 0 Å². The monoisotopic (exact) mass is 258 g/mol. The van der Waals surface area contributed by atoms with Crippen molar-refractivity contribution >= 4 is 10.9 Å². The van der Waals surface area contributed by atoms with Crippen LogP contribution in [0.25, 0.3) is 10.9 Å². The number of nitrogens with one attached hydrogen (secondary N) is 1. The highest BCUT2D eigenvalue weighted by molar-refractivity contribution is 5.78. The van der Waals surface area contributed by atoms with E-state index in [1.165, 1.54) is 10.9 Å². The molecule has 3 nitrogen and oxygen atoms in total. The van der Waals surface area contributed by atoms with Gasteiger partial charge in [0.1, 0.15) is 0 Å². The lowest BCUT2D eigenvalue weighted by molar-refractivity contribution is 0.0614. The highest BCUT2D eigenvalue weighted by atomic mass is 16.5. The third kappa shape index (κ3) is 3.75. The molecular weight excluding hydrogens is 236 g/mol. The van der Waals surface area contributed by atoms with Crippen molar-refractivity contribution in [3.05, 3.63) is 42.1 Å². The molecule has 0 saturated heterocycles. The lowest BCUT2D eigenvalue weighted by Crippen LogP contribution is -2.26. The molecule has 19 heavy (non-hydrogen) atoms. The second kappa shape index (κ2) is 6.64. The number of benzene rings is 1. The van der Waals surface area contributed by atoms with Gasteiger partial charge in [-0.15, -0.1) is 0 Å². The maximum atomic E-state index is 5.74. The summed E-state index contributed by atoms with van der Waals surface area (Å²) in [7, 11) is 0. The van der Waals surface area contributed by atoms with Gasteiger partial charge in [0.05, 0.1) is 24.3 Å². The zero-order chi connectivity index (χ0) is 13.7. The van der Waals surface area contributed by atoms with Crippen LogP contribution >= 0.6 is 0 Å². The highest BCUT2D eigenvalue weighted by Crippen LogP contribution is 2.19. The molecule has 0 bridgehead atoms. The van der Waals surface area contributed by atoms with Crippen LogP contribution in [-0.4, -0.2) is 24.2 Å². The standard InChI is InChI=1S/C16H22N2O/c1-4-17-16(11-19-12(2)3)14-8-7-13-6-5-9-18-15(13)10-14/h5-10,12,16-17H,4,11H2,1-3H3. The summed E-state index contributed by atoms with van der Waals surface area (Å²) in [4.78, 5) is 4.41. The number of nitrogens with zero attached hydrogens (tertiary/aromatic N) is 1. The SMILES string of the molecule is CCNC(COC(C)C)c1ccc2cccnc2c1. The Kier molecular flexibility index (Phi) is 4.88. The Bertz CT molecular complexity index is 525. The van der Waals surface area contributed by atoms with Gasteiger partial charge in [0.25, 0.3) is 0 Å². The van der Waals surface area contributed by atoms with Gasteiger partial charge in [0.2, 0.25) is 0 Å². The smallest absolute Gasteiger partial charge is 0.0705 e. The van der Waals surface area contributed by atoms with Gasteiger partial charge in [0, 0.05) is 11.6 Å². The number of hydrogen-bond donors (Lipinski definition) is 1. The number of pyridine rings is 1. The van der Waals surface area contributed by atoms with Crippen LogP contribution in [0, 0.1) is 0 Å². The Labute approximate surface area is 115 Å². The third-order valence-corrected chi connectivity index (χ3v) is 3.08. The van der Waals surface area contributed by atoms with Gasteiger partial charge in [-0.25, -0.2) is 0 Å². The zero-order valence-electron chi connectivity index (χ0n) is 11.9. The number of aromatic nitrogens is 1. The molecule has 1 aromatic carbocycles. The van der Waals surface area contributed by atoms with Gasteiger partial charge in [-0.2, -0.15) is 0 Å². The van der Waals surface area contributed by atoms with Crippen molar-refractivity contribution < 1.29 is 4.74 Å². The molecule has 0 amide bonds. The van der Waals surface area contributed by atoms with Crippen molar-refractivity contribution in [2.24, 2.45) is 0 Å². The van der Waals surface area contributed by atoms with E-state index in [1.807, 2.05) is 12.3 Å². The Hall–Kier alpha value is -1.45. The van der Waals surface area contributed by atoms with Crippen LogP contribution in [-0.2, 0) is 4.74 Å². The molecule has 0 aliphatic carbocycles. The molecule has 1 N–H and O–H groups in total. The molecule has 2 rings (SSSR count). The largest absolute Gasteiger partial charge is 0.377 e. The van der Waals surface area contributed by atoms with Gasteiger partial charge in [0.15, 0.2) is 0 Å². The third-order valence-electron chi connectivity index (χ3n) is 3.08. The fraction of sp³-hybridized carbons (Fsp3) is 0.438. The molecule has 0 aliphatic rings. The average Bonchev–Trinajstić information content (AvgIpc) is 2.42. The molecule has 1 aromatic heterocycles. The Balaban J connectivity index is 2.22. The predicted octanol–water partition coefficient (Wildman–Crippen LogP) is 3.31. The molecule has 3 heteroatoms. The van der Waals surface area contributed by atoms with E-state index in [9.17, 15) is 0 Å². The zero-order valence-corrected chi connectivity index (χ0v) is 11.9. The van der Waals surface area contributed by atoms with Crippen molar-refractivity contribution in [1.82, 2.24) is 10.3 Å². The topological polar surface area (TPSA) is 34.1 Å². The lowest BCUT2D eigenvalue weighted by atomic mass is 10.0. The number of fused-ring (bicyclic) bond motifs is 1. The van der Waals surface area contributed by atoms with Gasteiger partial charge in [-0.1, -0.05) is 25.1 Å². The normalized spacial score (nSPS) is 13.1. The minimum absolute atomic E-state index is 0.221. The number of ether oxygens (including phenoxy) is 1. The summed E-state index contributed by atoms with van der Waals surface area (Å²) >= 11 is 0. The first kappa shape index (κ1) is 14.0. The maximum Gasteiger partial charge on any atom is 0.0705 e. The molecule has 1 heterocycles. The van der Waals surface area contributed by atoms with E-state index >= 15 is 0 Å². The van der Waals surface area contributed by atoms with Crippen molar-refractivity contribution in [2.75, 3.05) is 13.2 Å². The Morgan fingerprint density at radius 3 is 2.84 bits per heavy atom. The lowest BCUT2D eigenvalue weighted by Gasteiger charge is -2.20. The van der Waals surface area contributed by atoms with E-state index in [2.05, 4.69) is 55.3 Å². The van der Waals surface area contributed by atoms with E-state index in [0.29, 0.717) is 6.61 Å². The molecule has 1 unspecified atom stereocenters. The molecule has 0 saturated carbocycles. The highest BCUT2D eigenvalue weighted by Gasteiger charge is 2.12. The molecule has 1 atom stereocenters. The van der Waals surface area contributed by atoms with Crippen molar-refractivity contribution in [1.29, 1.82) is 0 Å². The van der Waals surface area contributed by atoms with Crippen LogP contribution in [0.4, 0.5) is 0 Å². The van der Waals surface area contributed by atoms with Crippen LogP contribution in [0.2, 0.25) is 0 Å². The van der Waals surface area contributed by atoms with Gasteiger partial charge in [-0.05, 0) is 38.1 Å². The van der Waals surface area contributed by atoms with Crippen LogP contribution < -0.4 is 5.32 Å². The Morgan fingerprint density at radius 2 is 2.11 bits per heavy atom. The summed E-state index contributed by atoms with van der Waals surface area (Å²) in [5, 5.41) is 4.64. The summed E-state index contributed by atoms with van der Waals surface area (Å²) < 4.78 is 5.74. The molecule has 102 valence electrons. The van der Waals surface area contributed by atoms with Gasteiger partial charge in [-0.3, -0.25) is 4.98 Å². The number of rotatable bonds is 6. The summed E-state index contributed by atoms with van der Waals surface area (Å²) in [5.74, 6) is 0. The number of hydrogen-bond acceptors (Lipinski definition) is 3. The van der Waals surface area contributed by atoms with Crippen LogP contribution in [0.15, 0.2) is 36.5 Å². The summed E-state index contributed by atoms with van der Waals surface area (Å²) in [6, 6.07) is 10.7. The van der Waals surface area contributed by atoms with Gasteiger partial charge >= 0.3 is 0 Å². The average molecular weight is 258 g/mol. The molecular formula is C16H22N2O. The van der Waals surface area contributed by atoms with Crippen LogP contribution in [0.1, 0.15) is 32.4 Å². The first-order chi connectivity index (χ1) is 9.20. The molecule has 0 aliphatic heterocycles. The van der Waals surface area contributed by atoms with E-state index in [-0.39, 0.29) is 12.1 Å². The first-order valence-corrected chi connectivity index (χ1v) is 6.90. The van der Waals surface area contributed by atoms with Gasteiger partial charge < -0.3 is 10.1 Å². The minimum Gasteiger partial charge on any atom is -0.377 e. The van der Waals surface area contributed by atoms with Crippen molar-refractivity contribution in [2.45, 2.75) is 32.9 Å². The van der Waals surface area contributed by atoms with E-state index in [0.717, 1.165) is 12.1 Å². The fourth-order valence-corrected chi connectivity index (χ4v) is 2.11. The maximum absolute atomic E-state index is 5.74. The number of likely N-dealkylation sites (N-methyl/N-ethyl adjacent to an activating group) is 1. The fourth-order valence-electron chi connectivity index (χ4n) is 2.11. The Morgan fingerprint density at radius 1 is 1.26 bits per heavy atom. The molecule has 0 spiro atoms. The molecule has 0 fully saturated rings. The second-order valence-electron chi connectivity index (χ2n) is 4.95. The van der Waals surface area contributed by atoms with E-state index in [1.54, 1.807) is 0 Å². The van der Waals surface area contributed by atoms with Crippen LogP contribution in [0.3, 0.4) is 0 Å². The van der Waals surface area contributed by atoms with Crippen LogP contribution in [0.5, 0.6) is 0 Å². The quantitative estimate of drug-likeness (QED) is 0.863. The predicted molar refractivity (Wildman–Crippen MR) is 79.2 cm³/mol. The molecule has 2 aromatic rings. The summed E-state index contributed by atoms with van der Waals surface area (Å²) in [5.41, 5.74) is 2.26. The minimum atomic E-state index is 0.221. The summed E-state index contributed by atoms with van der Waals surface area (Å²) in [6.45, 7) is 7.84. The van der Waals surface area contributed by atoms with Crippen molar-refractivity contribution in [3.8, 4) is 0 Å². The second-order valence-corrected chi connectivity index (χ2v) is 4.95. The van der Waals surface area contributed by atoms with E-state index < -0.39 is 0 Å². The first-order valence-electron chi connectivity index (χ1n) is 6.90. The summed E-state index contributed by atoms with van der Waals surface area (Å²) in [6.07, 6.45) is 2.08.